The molecule has 0 radical (unpaired) electrons. The van der Waals surface area contributed by atoms with Crippen LogP contribution in [-0.4, -0.2) is 35.4 Å². The highest BCUT2D eigenvalue weighted by Gasteiger charge is 2.20. The zero-order valence-electron chi connectivity index (χ0n) is 11.3. The third kappa shape index (κ3) is 5.28. The molecule has 0 aliphatic heterocycles. The number of benzene rings is 1. The molecule has 0 fully saturated rings. The van der Waals surface area contributed by atoms with E-state index >= 15 is 0 Å². The Labute approximate surface area is 113 Å². The van der Waals surface area contributed by atoms with E-state index in [0.29, 0.717) is 12.3 Å². The minimum atomic E-state index is -0.835. The van der Waals surface area contributed by atoms with Crippen LogP contribution in [0.25, 0.3) is 0 Å². The molecule has 0 spiro atoms. The van der Waals surface area contributed by atoms with Crippen molar-refractivity contribution in [3.05, 3.63) is 29.8 Å². The summed E-state index contributed by atoms with van der Waals surface area (Å²) in [7, 11) is 0. The van der Waals surface area contributed by atoms with Crippen LogP contribution in [-0.2, 0) is 11.3 Å². The van der Waals surface area contributed by atoms with E-state index in [9.17, 15) is 4.79 Å². The van der Waals surface area contributed by atoms with Gasteiger partial charge < -0.3 is 20.3 Å². The summed E-state index contributed by atoms with van der Waals surface area (Å²) in [5.41, 5.74) is 0.989. The van der Waals surface area contributed by atoms with Gasteiger partial charge in [-0.1, -0.05) is 26.0 Å². The van der Waals surface area contributed by atoms with E-state index in [1.807, 2.05) is 26.0 Å². The Bertz CT molecular complexity index is 389. The van der Waals surface area contributed by atoms with Crippen molar-refractivity contribution in [2.45, 2.75) is 26.4 Å². The summed E-state index contributed by atoms with van der Waals surface area (Å²) in [5, 5.41) is 20.7. The number of aliphatic hydroxyl groups excluding tert-OH is 1. The molecule has 106 valence electrons. The van der Waals surface area contributed by atoms with Crippen molar-refractivity contribution in [3.8, 4) is 5.75 Å². The summed E-state index contributed by atoms with van der Waals surface area (Å²) in [5.74, 6) is -0.112. The summed E-state index contributed by atoms with van der Waals surface area (Å²) in [4.78, 5) is 11.0. The maximum Gasteiger partial charge on any atom is 0.320 e. The normalized spacial score (nSPS) is 12.4. The molecule has 1 rings (SSSR count). The summed E-state index contributed by atoms with van der Waals surface area (Å²) < 4.78 is 5.25. The van der Waals surface area contributed by atoms with Gasteiger partial charge in [-0.25, -0.2) is 0 Å². The van der Waals surface area contributed by atoms with Gasteiger partial charge in [0.1, 0.15) is 18.4 Å². The predicted molar refractivity (Wildman–Crippen MR) is 72.1 cm³/mol. The number of carboxylic acids is 1. The van der Waals surface area contributed by atoms with Gasteiger partial charge in [0.05, 0.1) is 6.61 Å². The van der Waals surface area contributed by atoms with Crippen LogP contribution in [0.2, 0.25) is 0 Å². The molecule has 0 saturated carbocycles. The van der Waals surface area contributed by atoms with Crippen molar-refractivity contribution in [1.82, 2.24) is 5.32 Å². The highest BCUT2D eigenvalue weighted by molar-refractivity contribution is 5.73. The number of carbonyl (C=O) groups is 1. The van der Waals surface area contributed by atoms with Crippen molar-refractivity contribution in [1.29, 1.82) is 0 Å². The first kappa shape index (κ1) is 15.5. The molecule has 1 atom stereocenters. The number of carboxylic acid groups (broad SMARTS) is 1. The van der Waals surface area contributed by atoms with Gasteiger partial charge in [-0.05, 0) is 23.6 Å². The zero-order valence-corrected chi connectivity index (χ0v) is 11.3. The minimum absolute atomic E-state index is 0.0159. The molecule has 0 aliphatic rings. The fraction of sp³-hybridized carbons (Fsp3) is 0.500. The van der Waals surface area contributed by atoms with Crippen LogP contribution in [0.3, 0.4) is 0 Å². The topological polar surface area (TPSA) is 78.8 Å². The number of aliphatic carboxylic acids is 1. The molecule has 0 bridgehead atoms. The summed E-state index contributed by atoms with van der Waals surface area (Å²) in [6.07, 6.45) is 0. The molecule has 0 aromatic heterocycles. The van der Waals surface area contributed by atoms with Crippen LogP contribution in [0.1, 0.15) is 19.4 Å². The molecule has 0 heterocycles. The number of ether oxygens (including phenoxy) is 1. The van der Waals surface area contributed by atoms with E-state index in [-0.39, 0.29) is 19.1 Å². The smallest absolute Gasteiger partial charge is 0.320 e. The molecule has 1 aromatic carbocycles. The van der Waals surface area contributed by atoms with Crippen molar-refractivity contribution in [3.63, 3.8) is 0 Å². The van der Waals surface area contributed by atoms with Crippen molar-refractivity contribution < 1.29 is 19.7 Å². The Hall–Kier alpha value is -1.59. The first-order chi connectivity index (χ1) is 9.04. The molecule has 5 heteroatoms. The lowest BCUT2D eigenvalue weighted by Crippen LogP contribution is -2.40. The molecule has 1 aromatic rings. The van der Waals surface area contributed by atoms with Crippen LogP contribution in [0, 0.1) is 5.92 Å². The van der Waals surface area contributed by atoms with Crippen molar-refractivity contribution in [2.75, 3.05) is 13.2 Å². The second kappa shape index (κ2) is 7.76. The Kier molecular flexibility index (Phi) is 6.32. The van der Waals surface area contributed by atoms with Crippen molar-refractivity contribution >= 4 is 5.97 Å². The SMILES string of the molecule is CC(C)[C@H](NCc1ccc(OCCO)cc1)C(=O)O. The molecule has 0 aliphatic carbocycles. The summed E-state index contributed by atoms with van der Waals surface area (Å²) in [6.45, 7) is 4.49. The van der Waals surface area contributed by atoms with Crippen molar-refractivity contribution in [2.24, 2.45) is 5.92 Å². The summed E-state index contributed by atoms with van der Waals surface area (Å²) in [6, 6.07) is 6.80. The van der Waals surface area contributed by atoms with E-state index in [0.717, 1.165) is 5.56 Å². The van der Waals surface area contributed by atoms with Crippen LogP contribution in [0.4, 0.5) is 0 Å². The lowest BCUT2D eigenvalue weighted by molar-refractivity contribution is -0.140. The quantitative estimate of drug-likeness (QED) is 0.661. The molecule has 0 amide bonds. The number of nitrogens with one attached hydrogen (secondary N) is 1. The molecule has 3 N–H and O–H groups in total. The highest BCUT2D eigenvalue weighted by Crippen LogP contribution is 2.12. The van der Waals surface area contributed by atoms with E-state index in [4.69, 9.17) is 14.9 Å². The van der Waals surface area contributed by atoms with Gasteiger partial charge in [0.25, 0.3) is 0 Å². The van der Waals surface area contributed by atoms with Gasteiger partial charge in [0.15, 0.2) is 0 Å². The van der Waals surface area contributed by atoms with E-state index < -0.39 is 12.0 Å². The van der Waals surface area contributed by atoms with Gasteiger partial charge in [0.2, 0.25) is 0 Å². The number of hydrogen-bond donors (Lipinski definition) is 3. The average Bonchev–Trinajstić information content (AvgIpc) is 2.37. The van der Waals surface area contributed by atoms with Crippen LogP contribution >= 0.6 is 0 Å². The number of rotatable bonds is 8. The van der Waals surface area contributed by atoms with Crippen LogP contribution < -0.4 is 10.1 Å². The lowest BCUT2D eigenvalue weighted by Gasteiger charge is -2.18. The molecule has 5 nitrogen and oxygen atoms in total. The van der Waals surface area contributed by atoms with E-state index in [1.54, 1.807) is 12.1 Å². The Morgan fingerprint density at radius 2 is 1.95 bits per heavy atom. The zero-order chi connectivity index (χ0) is 14.3. The van der Waals surface area contributed by atoms with Gasteiger partial charge in [-0.3, -0.25) is 4.79 Å². The molecule has 0 unspecified atom stereocenters. The van der Waals surface area contributed by atoms with Gasteiger partial charge in [-0.2, -0.15) is 0 Å². The average molecular weight is 267 g/mol. The largest absolute Gasteiger partial charge is 0.491 e. The minimum Gasteiger partial charge on any atom is -0.491 e. The second-order valence-corrected chi connectivity index (χ2v) is 4.66. The molecule has 0 saturated heterocycles. The Balaban J connectivity index is 2.51. The van der Waals surface area contributed by atoms with E-state index in [1.165, 1.54) is 0 Å². The van der Waals surface area contributed by atoms with Gasteiger partial charge in [0, 0.05) is 6.54 Å². The first-order valence-electron chi connectivity index (χ1n) is 6.33. The second-order valence-electron chi connectivity index (χ2n) is 4.66. The number of aliphatic hydroxyl groups is 1. The highest BCUT2D eigenvalue weighted by atomic mass is 16.5. The third-order valence-electron chi connectivity index (χ3n) is 2.74. The standard InChI is InChI=1S/C14H21NO4/c1-10(2)13(14(17)18)15-9-11-3-5-12(6-4-11)19-8-7-16/h3-6,10,13,15-16H,7-9H2,1-2H3,(H,17,18)/t13-/m0/s1. The van der Waals surface area contributed by atoms with E-state index in [2.05, 4.69) is 5.32 Å². The predicted octanol–water partition coefficient (Wildman–Crippen LogP) is 1.26. The first-order valence-corrected chi connectivity index (χ1v) is 6.33. The van der Waals surface area contributed by atoms with Crippen LogP contribution in [0.15, 0.2) is 24.3 Å². The van der Waals surface area contributed by atoms with Gasteiger partial charge >= 0.3 is 5.97 Å². The van der Waals surface area contributed by atoms with Crippen LogP contribution in [0.5, 0.6) is 5.75 Å². The fourth-order valence-electron chi connectivity index (χ4n) is 1.70. The number of hydrogen-bond acceptors (Lipinski definition) is 4. The Morgan fingerprint density at radius 1 is 1.32 bits per heavy atom. The monoisotopic (exact) mass is 267 g/mol. The Morgan fingerprint density at radius 3 is 2.42 bits per heavy atom. The lowest BCUT2D eigenvalue weighted by atomic mass is 10.0. The van der Waals surface area contributed by atoms with Gasteiger partial charge in [-0.15, -0.1) is 0 Å². The molecular formula is C14H21NO4. The fourth-order valence-corrected chi connectivity index (χ4v) is 1.70. The third-order valence-corrected chi connectivity index (χ3v) is 2.74. The molecular weight excluding hydrogens is 246 g/mol. The maximum atomic E-state index is 11.0. The summed E-state index contributed by atoms with van der Waals surface area (Å²) >= 11 is 0. The molecule has 19 heavy (non-hydrogen) atoms. The maximum absolute atomic E-state index is 11.0.